The number of benzene rings is 3. The lowest BCUT2D eigenvalue weighted by Crippen LogP contribution is -2.28. The number of hydrogen-bond acceptors (Lipinski definition) is 9. The lowest BCUT2D eigenvalue weighted by Gasteiger charge is -2.15. The first-order chi connectivity index (χ1) is 24.8. The Morgan fingerprint density at radius 2 is 1.88 bits per heavy atom. The molecule has 5 aromatic rings. The number of aliphatic hydroxyl groups excluding tert-OH is 1. The molecular formula is C39H37F2N3O7. The Morgan fingerprint density at radius 3 is 2.65 bits per heavy atom. The van der Waals surface area contributed by atoms with Gasteiger partial charge in [-0.15, -0.1) is 0 Å². The molecule has 51 heavy (non-hydrogen) atoms. The molecule has 1 saturated carbocycles. The van der Waals surface area contributed by atoms with Crippen molar-refractivity contribution >= 4 is 16.7 Å². The zero-order valence-corrected chi connectivity index (χ0v) is 28.0. The Morgan fingerprint density at radius 1 is 1.04 bits per heavy atom. The summed E-state index contributed by atoms with van der Waals surface area (Å²) < 4.78 is 53.6. The summed E-state index contributed by atoms with van der Waals surface area (Å²) in [7, 11) is 1.53. The lowest BCUT2D eigenvalue weighted by molar-refractivity contribution is 0.0988. The fraction of sp³-hybridized carbons (Fsp3) is 0.308. The van der Waals surface area contributed by atoms with Gasteiger partial charge in [-0.05, 0) is 86.3 Å². The van der Waals surface area contributed by atoms with Crippen LogP contribution in [-0.4, -0.2) is 59.5 Å². The zero-order valence-electron chi connectivity index (χ0n) is 28.0. The van der Waals surface area contributed by atoms with Gasteiger partial charge in [0.15, 0.2) is 28.8 Å². The van der Waals surface area contributed by atoms with Gasteiger partial charge in [-0.1, -0.05) is 6.07 Å². The van der Waals surface area contributed by atoms with Crippen LogP contribution in [0.1, 0.15) is 47.2 Å². The molecule has 10 nitrogen and oxygen atoms in total. The highest BCUT2D eigenvalue weighted by Crippen LogP contribution is 2.38. The molecule has 2 N–H and O–H groups in total. The fourth-order valence-corrected chi connectivity index (χ4v) is 6.62. The van der Waals surface area contributed by atoms with Gasteiger partial charge >= 0.3 is 0 Å². The van der Waals surface area contributed by atoms with Crippen molar-refractivity contribution in [3.63, 3.8) is 0 Å². The third-order valence-corrected chi connectivity index (χ3v) is 9.22. The maximum Gasteiger partial charge on any atom is 0.269 e. The highest BCUT2D eigenvalue weighted by Gasteiger charge is 2.27. The molecular weight excluding hydrogens is 660 g/mol. The molecule has 1 aliphatic carbocycles. The Hall–Kier alpha value is -5.33. The van der Waals surface area contributed by atoms with E-state index in [1.807, 2.05) is 0 Å². The first-order valence-corrected chi connectivity index (χ1v) is 16.9. The SMILES string of the molecule is COc1cc2c(Oc3ccc(CC(=O)c4c5c(cn(-c6ccc(F)cc6)c4=O)CCO5)cc3F)ccnc2cc1OCCCNC1CCC(O)C1. The van der Waals surface area contributed by atoms with Crippen LogP contribution in [0.3, 0.4) is 0 Å². The second-order valence-corrected chi connectivity index (χ2v) is 12.7. The molecule has 0 saturated heterocycles. The third-order valence-electron chi connectivity index (χ3n) is 9.22. The summed E-state index contributed by atoms with van der Waals surface area (Å²) in [5.74, 6) is -0.183. The van der Waals surface area contributed by atoms with Gasteiger partial charge in [-0.3, -0.25) is 19.1 Å². The summed E-state index contributed by atoms with van der Waals surface area (Å²) in [4.78, 5) is 31.5. The minimum Gasteiger partial charge on any atom is -0.493 e. The van der Waals surface area contributed by atoms with Crippen LogP contribution in [0, 0.1) is 11.6 Å². The number of carbonyl (C=O) groups is 1. The number of carbonyl (C=O) groups excluding carboxylic acids is 1. The van der Waals surface area contributed by atoms with E-state index in [2.05, 4.69) is 10.3 Å². The molecule has 0 radical (unpaired) electrons. The lowest BCUT2D eigenvalue weighted by atomic mass is 10.0. The number of Topliss-reactive ketones (excluding diaryl/α,β-unsaturated/α-hetero) is 1. The van der Waals surface area contributed by atoms with E-state index in [0.29, 0.717) is 70.6 Å². The van der Waals surface area contributed by atoms with E-state index in [1.54, 1.807) is 36.7 Å². The van der Waals surface area contributed by atoms with Crippen molar-refractivity contribution in [2.45, 2.75) is 50.7 Å². The molecule has 12 heteroatoms. The molecule has 2 atom stereocenters. The molecule has 3 heterocycles. The summed E-state index contributed by atoms with van der Waals surface area (Å²) in [5.41, 5.74) is 1.27. The Labute approximate surface area is 292 Å². The van der Waals surface area contributed by atoms with Crippen LogP contribution in [0.4, 0.5) is 8.78 Å². The average molecular weight is 698 g/mol. The van der Waals surface area contributed by atoms with Crippen LogP contribution in [0.2, 0.25) is 0 Å². The van der Waals surface area contributed by atoms with E-state index in [1.165, 1.54) is 48.1 Å². The molecule has 1 fully saturated rings. The normalized spacial score (nSPS) is 16.5. The standard InChI is InChI=1S/C39H37F2N3O7/c1-48-35-20-29-31(21-36(35)49-15-2-13-42-26-6-9-28(45)19-26)43-14-11-33(29)51-34-10-3-23(17-30(34)41)18-32(46)37-38-24(12-16-50-38)22-44(39(37)47)27-7-4-25(40)5-8-27/h3-5,7-8,10-11,14,17,20-22,26,28,42,45H,2,6,9,12-13,15-16,18-19H2,1H3. The van der Waals surface area contributed by atoms with Gasteiger partial charge in [-0.2, -0.15) is 0 Å². The van der Waals surface area contributed by atoms with Gasteiger partial charge in [0, 0.05) is 54.0 Å². The quantitative estimate of drug-likeness (QED) is 0.111. The monoisotopic (exact) mass is 697 g/mol. The van der Waals surface area contributed by atoms with E-state index in [9.17, 15) is 19.1 Å². The highest BCUT2D eigenvalue weighted by molar-refractivity contribution is 6.00. The van der Waals surface area contributed by atoms with Gasteiger partial charge in [0.2, 0.25) is 0 Å². The Kier molecular flexibility index (Phi) is 9.96. The highest BCUT2D eigenvalue weighted by atomic mass is 19.1. The number of fused-ring (bicyclic) bond motifs is 2. The molecule has 2 aromatic heterocycles. The van der Waals surface area contributed by atoms with Gasteiger partial charge in [0.05, 0.1) is 31.9 Å². The van der Waals surface area contributed by atoms with E-state index in [4.69, 9.17) is 18.9 Å². The number of methoxy groups -OCH3 is 1. The number of nitrogens with one attached hydrogen (secondary N) is 1. The minimum atomic E-state index is -0.698. The summed E-state index contributed by atoms with van der Waals surface area (Å²) in [5, 5.41) is 13.8. The second-order valence-electron chi connectivity index (χ2n) is 12.7. The van der Waals surface area contributed by atoms with Crippen molar-refractivity contribution in [1.82, 2.24) is 14.9 Å². The number of hydrogen-bond donors (Lipinski definition) is 2. The molecule has 7 rings (SSSR count). The van der Waals surface area contributed by atoms with E-state index >= 15 is 4.39 Å². The second kappa shape index (κ2) is 14.9. The topological polar surface area (TPSA) is 121 Å². The van der Waals surface area contributed by atoms with Gasteiger partial charge in [0.25, 0.3) is 5.56 Å². The predicted octanol–water partition coefficient (Wildman–Crippen LogP) is 6.10. The van der Waals surface area contributed by atoms with E-state index in [-0.39, 0.29) is 29.6 Å². The summed E-state index contributed by atoms with van der Waals surface area (Å²) in [6.07, 6.45) is 6.54. The smallest absolute Gasteiger partial charge is 0.269 e. The minimum absolute atomic E-state index is 0.0668. The third kappa shape index (κ3) is 7.42. The maximum atomic E-state index is 15.5. The molecule has 0 amide bonds. The number of ketones is 1. The van der Waals surface area contributed by atoms with E-state index in [0.717, 1.165) is 32.2 Å². The summed E-state index contributed by atoms with van der Waals surface area (Å²) in [6, 6.07) is 15.0. The van der Waals surface area contributed by atoms with Crippen LogP contribution in [0.15, 0.2) is 77.9 Å². The molecule has 3 aromatic carbocycles. The fourth-order valence-electron chi connectivity index (χ4n) is 6.62. The first-order valence-electron chi connectivity index (χ1n) is 16.9. The number of rotatable bonds is 13. The van der Waals surface area contributed by atoms with Gasteiger partial charge in [-0.25, -0.2) is 8.78 Å². The molecule has 1 aliphatic heterocycles. The van der Waals surface area contributed by atoms with Crippen LogP contribution in [0.5, 0.6) is 28.7 Å². The maximum absolute atomic E-state index is 15.5. The Balaban J connectivity index is 1.05. The van der Waals surface area contributed by atoms with Crippen LogP contribution in [-0.2, 0) is 12.8 Å². The molecule has 2 aliphatic rings. The van der Waals surface area contributed by atoms with Crippen molar-refractivity contribution in [2.75, 3.05) is 26.9 Å². The largest absolute Gasteiger partial charge is 0.493 e. The number of aromatic nitrogens is 2. The van der Waals surface area contributed by atoms with Gasteiger partial charge in [0.1, 0.15) is 22.9 Å². The average Bonchev–Trinajstić information content (AvgIpc) is 3.77. The van der Waals surface area contributed by atoms with Crippen LogP contribution >= 0.6 is 0 Å². The number of pyridine rings is 2. The molecule has 0 spiro atoms. The Bertz CT molecular complexity index is 2140. The number of halogens is 2. The molecule has 264 valence electrons. The van der Waals surface area contributed by atoms with Gasteiger partial charge < -0.3 is 29.4 Å². The van der Waals surface area contributed by atoms with Crippen molar-refractivity contribution in [2.24, 2.45) is 0 Å². The van der Waals surface area contributed by atoms with Crippen molar-refractivity contribution in [1.29, 1.82) is 0 Å². The van der Waals surface area contributed by atoms with E-state index < -0.39 is 23.0 Å². The number of ether oxygens (including phenoxy) is 4. The number of nitrogens with zero attached hydrogens (tertiary/aromatic N) is 2. The summed E-state index contributed by atoms with van der Waals surface area (Å²) >= 11 is 0. The van der Waals surface area contributed by atoms with Crippen molar-refractivity contribution in [3.8, 4) is 34.4 Å². The van der Waals surface area contributed by atoms with Crippen molar-refractivity contribution < 1.29 is 37.6 Å². The molecule has 0 bridgehead atoms. The first kappa shape index (κ1) is 34.1. The molecule has 2 unspecified atom stereocenters. The van der Waals surface area contributed by atoms with Crippen molar-refractivity contribution in [3.05, 3.63) is 112 Å². The zero-order chi connectivity index (χ0) is 35.5. The predicted molar refractivity (Wildman–Crippen MR) is 186 cm³/mol. The van der Waals surface area contributed by atoms with Crippen LogP contribution in [0.25, 0.3) is 16.6 Å². The summed E-state index contributed by atoms with van der Waals surface area (Å²) in [6.45, 7) is 1.53. The van der Waals surface area contributed by atoms with Crippen LogP contribution < -0.4 is 29.8 Å². The number of aliphatic hydroxyl groups is 1.